The Morgan fingerprint density at radius 1 is 1.21 bits per heavy atom. The third kappa shape index (κ3) is 2.51. The minimum Gasteiger partial charge on any atom is -0.440 e. The van der Waals surface area contributed by atoms with Crippen LogP contribution in [0.1, 0.15) is 28.5 Å². The van der Waals surface area contributed by atoms with E-state index < -0.39 is 0 Å². The summed E-state index contributed by atoms with van der Waals surface area (Å²) >= 11 is 5.70. The van der Waals surface area contributed by atoms with Crippen LogP contribution in [0.25, 0.3) is 0 Å². The largest absolute Gasteiger partial charge is 0.440 e. The Balaban J connectivity index is 1.71. The molecule has 3 nitrogen and oxygen atoms in total. The molecular formula is C15H14ClNO2. The second kappa shape index (κ2) is 5.10. The van der Waals surface area contributed by atoms with Gasteiger partial charge in [0.25, 0.3) is 5.91 Å². The maximum atomic E-state index is 12.2. The highest BCUT2D eigenvalue weighted by Crippen LogP contribution is 2.28. The van der Waals surface area contributed by atoms with Gasteiger partial charge in [-0.2, -0.15) is 0 Å². The lowest BCUT2D eigenvalue weighted by atomic mass is 9.99. The van der Waals surface area contributed by atoms with Crippen LogP contribution in [0.15, 0.2) is 46.9 Å². The van der Waals surface area contributed by atoms with E-state index >= 15 is 0 Å². The average Bonchev–Trinajstić information content (AvgIpc) is 3.08. The van der Waals surface area contributed by atoms with Gasteiger partial charge >= 0.3 is 0 Å². The molecule has 1 aromatic heterocycles. The maximum absolute atomic E-state index is 12.2. The van der Waals surface area contributed by atoms with Crippen molar-refractivity contribution in [2.24, 2.45) is 0 Å². The minimum absolute atomic E-state index is 0.0784. The highest BCUT2D eigenvalue weighted by molar-refractivity contribution is 6.29. The van der Waals surface area contributed by atoms with E-state index in [2.05, 4.69) is 12.1 Å². The Hall–Kier alpha value is -1.74. The smallest absolute Gasteiger partial charge is 0.289 e. The summed E-state index contributed by atoms with van der Waals surface area (Å²) in [7, 11) is 0. The minimum atomic E-state index is -0.0784. The Morgan fingerprint density at radius 3 is 2.68 bits per heavy atom. The molecule has 0 spiro atoms. The van der Waals surface area contributed by atoms with Gasteiger partial charge in [0.1, 0.15) is 0 Å². The normalized spacial score (nSPS) is 18.8. The van der Waals surface area contributed by atoms with Crippen molar-refractivity contribution in [3.8, 4) is 0 Å². The number of nitrogens with zero attached hydrogens (tertiary/aromatic N) is 1. The first-order valence-corrected chi connectivity index (χ1v) is 6.71. The molecular weight excluding hydrogens is 262 g/mol. The number of likely N-dealkylation sites (tertiary alicyclic amines) is 1. The van der Waals surface area contributed by atoms with E-state index in [-0.39, 0.29) is 11.1 Å². The van der Waals surface area contributed by atoms with Crippen molar-refractivity contribution in [3.63, 3.8) is 0 Å². The number of carbonyl (C=O) groups excluding carboxylic acids is 1. The predicted molar refractivity (Wildman–Crippen MR) is 73.4 cm³/mol. The molecule has 1 aliphatic rings. The van der Waals surface area contributed by atoms with Crippen LogP contribution >= 0.6 is 11.6 Å². The molecule has 1 amide bonds. The Bertz CT molecular complexity index is 579. The molecule has 98 valence electrons. The van der Waals surface area contributed by atoms with Crippen LogP contribution < -0.4 is 0 Å². The Morgan fingerprint density at radius 2 is 2.00 bits per heavy atom. The number of rotatable bonds is 2. The zero-order valence-corrected chi connectivity index (χ0v) is 11.1. The molecule has 0 aliphatic carbocycles. The number of benzene rings is 1. The van der Waals surface area contributed by atoms with Crippen molar-refractivity contribution >= 4 is 17.5 Å². The zero-order valence-electron chi connectivity index (χ0n) is 10.4. The van der Waals surface area contributed by atoms with Crippen molar-refractivity contribution in [2.75, 3.05) is 13.1 Å². The van der Waals surface area contributed by atoms with Gasteiger partial charge in [0.15, 0.2) is 11.0 Å². The highest BCUT2D eigenvalue weighted by Gasteiger charge is 2.29. The number of hydrogen-bond donors (Lipinski definition) is 0. The molecule has 1 unspecified atom stereocenters. The van der Waals surface area contributed by atoms with Crippen LogP contribution in [0.2, 0.25) is 5.22 Å². The quantitative estimate of drug-likeness (QED) is 0.840. The monoisotopic (exact) mass is 275 g/mol. The lowest BCUT2D eigenvalue weighted by Gasteiger charge is -2.15. The summed E-state index contributed by atoms with van der Waals surface area (Å²) < 4.78 is 5.17. The third-order valence-corrected chi connectivity index (χ3v) is 3.73. The molecule has 1 atom stereocenters. The van der Waals surface area contributed by atoms with Gasteiger partial charge in [0.2, 0.25) is 0 Å². The lowest BCUT2D eigenvalue weighted by Crippen LogP contribution is -2.28. The maximum Gasteiger partial charge on any atom is 0.289 e. The summed E-state index contributed by atoms with van der Waals surface area (Å²) in [6.45, 7) is 1.50. The topological polar surface area (TPSA) is 33.5 Å². The average molecular weight is 276 g/mol. The molecule has 0 bridgehead atoms. The van der Waals surface area contributed by atoms with Gasteiger partial charge in [-0.15, -0.1) is 0 Å². The first-order chi connectivity index (χ1) is 9.24. The molecule has 1 saturated heterocycles. The van der Waals surface area contributed by atoms with E-state index in [1.165, 1.54) is 5.56 Å². The molecule has 4 heteroatoms. The molecule has 0 radical (unpaired) electrons. The van der Waals surface area contributed by atoms with Crippen LogP contribution in [0.3, 0.4) is 0 Å². The summed E-state index contributed by atoms with van der Waals surface area (Å²) in [4.78, 5) is 14.0. The first kappa shape index (κ1) is 12.3. The van der Waals surface area contributed by atoms with Gasteiger partial charge in [0.05, 0.1) is 0 Å². The summed E-state index contributed by atoms with van der Waals surface area (Å²) in [5.74, 6) is 0.652. The van der Waals surface area contributed by atoms with Crippen LogP contribution in [0, 0.1) is 0 Å². The SMILES string of the molecule is O=C(c1ccc(Cl)o1)N1CCC(c2ccccc2)C1. The molecule has 19 heavy (non-hydrogen) atoms. The molecule has 3 rings (SSSR count). The number of amides is 1. The number of halogens is 1. The highest BCUT2D eigenvalue weighted by atomic mass is 35.5. The molecule has 1 fully saturated rings. The van der Waals surface area contributed by atoms with Gasteiger partial charge in [-0.25, -0.2) is 0 Å². The second-order valence-electron chi connectivity index (χ2n) is 4.75. The van der Waals surface area contributed by atoms with Crippen molar-refractivity contribution in [1.29, 1.82) is 0 Å². The van der Waals surface area contributed by atoms with Crippen LogP contribution in [-0.4, -0.2) is 23.9 Å². The van der Waals surface area contributed by atoms with E-state index in [1.807, 2.05) is 23.1 Å². The van der Waals surface area contributed by atoms with Crippen LogP contribution in [0.4, 0.5) is 0 Å². The molecule has 1 aromatic carbocycles. The van der Waals surface area contributed by atoms with Gasteiger partial charge in [-0.3, -0.25) is 4.79 Å². The van der Waals surface area contributed by atoms with Gasteiger partial charge < -0.3 is 9.32 Å². The van der Waals surface area contributed by atoms with Gasteiger partial charge in [-0.1, -0.05) is 30.3 Å². The number of hydrogen-bond acceptors (Lipinski definition) is 2. The van der Waals surface area contributed by atoms with Crippen molar-refractivity contribution in [1.82, 2.24) is 4.90 Å². The molecule has 0 N–H and O–H groups in total. The fourth-order valence-corrected chi connectivity index (χ4v) is 2.67. The number of furan rings is 1. The molecule has 2 heterocycles. The fourth-order valence-electron chi connectivity index (χ4n) is 2.53. The zero-order chi connectivity index (χ0) is 13.2. The summed E-state index contributed by atoms with van der Waals surface area (Å²) in [6.07, 6.45) is 0.990. The van der Waals surface area contributed by atoms with E-state index in [0.717, 1.165) is 19.5 Å². The van der Waals surface area contributed by atoms with E-state index in [9.17, 15) is 4.79 Å². The molecule has 2 aromatic rings. The lowest BCUT2D eigenvalue weighted by molar-refractivity contribution is 0.0759. The Kier molecular flexibility index (Phi) is 3.30. The van der Waals surface area contributed by atoms with Crippen LogP contribution in [0.5, 0.6) is 0 Å². The number of carbonyl (C=O) groups is 1. The van der Waals surface area contributed by atoms with Crippen molar-refractivity contribution < 1.29 is 9.21 Å². The van der Waals surface area contributed by atoms with Gasteiger partial charge in [-0.05, 0) is 35.7 Å². The third-order valence-electron chi connectivity index (χ3n) is 3.53. The Labute approximate surface area is 116 Å². The fraction of sp³-hybridized carbons (Fsp3) is 0.267. The standard InChI is InChI=1S/C15H14ClNO2/c16-14-7-6-13(19-14)15(18)17-9-8-12(10-17)11-4-2-1-3-5-11/h1-7,12H,8-10H2. The van der Waals surface area contributed by atoms with Gasteiger partial charge in [0, 0.05) is 19.0 Å². The second-order valence-corrected chi connectivity index (χ2v) is 5.12. The van der Waals surface area contributed by atoms with E-state index in [4.69, 9.17) is 16.0 Å². The summed E-state index contributed by atoms with van der Waals surface area (Å²) in [5, 5.41) is 0.252. The van der Waals surface area contributed by atoms with E-state index in [1.54, 1.807) is 12.1 Å². The summed E-state index contributed by atoms with van der Waals surface area (Å²) in [6, 6.07) is 13.5. The van der Waals surface area contributed by atoms with E-state index in [0.29, 0.717) is 11.7 Å². The predicted octanol–water partition coefficient (Wildman–Crippen LogP) is 3.56. The van der Waals surface area contributed by atoms with Crippen LogP contribution in [-0.2, 0) is 0 Å². The first-order valence-electron chi connectivity index (χ1n) is 6.33. The van der Waals surface area contributed by atoms with Crippen molar-refractivity contribution in [3.05, 3.63) is 59.0 Å². The van der Waals surface area contributed by atoms with Crippen molar-refractivity contribution in [2.45, 2.75) is 12.3 Å². The molecule has 0 saturated carbocycles. The summed E-state index contributed by atoms with van der Waals surface area (Å²) in [5.41, 5.74) is 1.29. The molecule has 1 aliphatic heterocycles.